The molecule has 0 saturated carbocycles. The minimum Gasteiger partial charge on any atom is -0.479 e. The summed E-state index contributed by atoms with van der Waals surface area (Å²) in [7, 11) is -0.314. The maximum Gasteiger partial charge on any atom is 0.457 e. The van der Waals surface area contributed by atoms with E-state index in [4.69, 9.17) is 19.8 Å². The number of carboxylic acids is 1. The van der Waals surface area contributed by atoms with Crippen molar-refractivity contribution in [1.29, 1.82) is 0 Å². The van der Waals surface area contributed by atoms with Crippen LogP contribution < -0.4 is 5.73 Å². The average molecular weight is 426 g/mol. The van der Waals surface area contributed by atoms with Gasteiger partial charge in [0.05, 0.1) is 11.2 Å². The number of piperidine rings is 1. The largest absolute Gasteiger partial charge is 0.479 e. The minimum absolute atomic E-state index is 0.220. The Labute approximate surface area is 180 Å². The first-order chi connectivity index (χ1) is 13.6. The fraction of sp³-hybridized carbons (Fsp3) is 0.905. The van der Waals surface area contributed by atoms with Crippen LogP contribution in [0.15, 0.2) is 0 Å². The van der Waals surface area contributed by atoms with Gasteiger partial charge in [-0.3, -0.25) is 4.90 Å². The monoisotopic (exact) mass is 426 g/mol. The van der Waals surface area contributed by atoms with Crippen LogP contribution in [0, 0.1) is 0 Å². The molecule has 2 aliphatic heterocycles. The van der Waals surface area contributed by atoms with Gasteiger partial charge in [0.15, 0.2) is 0 Å². The summed E-state index contributed by atoms with van der Waals surface area (Å²) in [6.45, 7) is 13.6. The van der Waals surface area contributed by atoms with E-state index in [-0.39, 0.29) is 37.3 Å². The van der Waals surface area contributed by atoms with Gasteiger partial charge in [-0.15, -0.1) is 0 Å². The quantitative estimate of drug-likeness (QED) is 0.494. The molecular formula is C21H39BN2O6. The minimum atomic E-state index is -1.35. The second-order valence-corrected chi connectivity index (χ2v) is 10.7. The standard InChI is InChI=1S/C21H39BN2O6/c1-18(2,3)28-17(27)24-13-10-15(23)14-21(24,16(25)26)11-8-9-12-22-29-19(4,5)20(6,7)30-22/h15H,8-14,23H2,1-7H3,(H,25,26). The van der Waals surface area contributed by atoms with Crippen LogP contribution in [0.2, 0.25) is 6.32 Å². The number of nitrogens with zero attached hydrogens (tertiary/aromatic N) is 1. The number of nitrogens with two attached hydrogens (primary N) is 1. The number of likely N-dealkylation sites (tertiary alicyclic amines) is 1. The highest BCUT2D eigenvalue weighted by Crippen LogP contribution is 2.39. The van der Waals surface area contributed by atoms with Crippen LogP contribution in [0.25, 0.3) is 0 Å². The summed E-state index contributed by atoms with van der Waals surface area (Å²) >= 11 is 0. The number of carbonyl (C=O) groups excluding carboxylic acids is 1. The van der Waals surface area contributed by atoms with Gasteiger partial charge in [-0.25, -0.2) is 9.59 Å². The second kappa shape index (κ2) is 8.67. The normalized spacial score (nSPS) is 28.5. The number of carboxylic acid groups (broad SMARTS) is 1. The molecule has 2 unspecified atom stereocenters. The summed E-state index contributed by atoms with van der Waals surface area (Å²) in [6, 6.07) is -0.261. The summed E-state index contributed by atoms with van der Waals surface area (Å²) in [6.07, 6.45) is 2.50. The van der Waals surface area contributed by atoms with Crippen molar-refractivity contribution in [2.45, 2.75) is 115 Å². The summed E-state index contributed by atoms with van der Waals surface area (Å²) < 4.78 is 17.5. The van der Waals surface area contributed by atoms with Crippen molar-refractivity contribution >= 4 is 19.2 Å². The topological polar surface area (TPSA) is 111 Å². The van der Waals surface area contributed by atoms with E-state index in [0.717, 1.165) is 6.42 Å². The molecule has 0 bridgehead atoms. The molecule has 0 spiro atoms. The Morgan fingerprint density at radius 3 is 2.23 bits per heavy atom. The summed E-state index contributed by atoms with van der Waals surface area (Å²) in [5, 5.41) is 10.1. The van der Waals surface area contributed by atoms with Crippen molar-refractivity contribution in [3.63, 3.8) is 0 Å². The van der Waals surface area contributed by atoms with Crippen LogP contribution in [0.3, 0.4) is 0 Å². The zero-order valence-corrected chi connectivity index (χ0v) is 19.6. The van der Waals surface area contributed by atoms with Crippen LogP contribution in [0.1, 0.15) is 80.6 Å². The number of aliphatic carboxylic acids is 1. The predicted molar refractivity (Wildman–Crippen MR) is 115 cm³/mol. The van der Waals surface area contributed by atoms with Crippen LogP contribution in [-0.2, 0) is 18.8 Å². The lowest BCUT2D eigenvalue weighted by atomic mass is 9.77. The van der Waals surface area contributed by atoms with E-state index in [2.05, 4.69) is 0 Å². The number of amides is 1. The smallest absolute Gasteiger partial charge is 0.457 e. The molecule has 9 heteroatoms. The molecule has 2 fully saturated rings. The number of ether oxygens (including phenoxy) is 1. The van der Waals surface area contributed by atoms with Crippen molar-refractivity contribution in [2.75, 3.05) is 6.54 Å². The molecule has 0 aromatic rings. The highest BCUT2D eigenvalue weighted by molar-refractivity contribution is 6.45. The number of rotatable bonds is 6. The van der Waals surface area contributed by atoms with E-state index in [1.165, 1.54) is 4.90 Å². The Bertz CT molecular complexity index is 632. The van der Waals surface area contributed by atoms with Gasteiger partial charge in [-0.1, -0.05) is 12.8 Å². The van der Waals surface area contributed by atoms with Gasteiger partial charge >= 0.3 is 19.2 Å². The first kappa shape index (κ1) is 24.9. The van der Waals surface area contributed by atoms with Gasteiger partial charge in [0.25, 0.3) is 0 Å². The van der Waals surface area contributed by atoms with E-state index in [0.29, 0.717) is 25.6 Å². The molecule has 2 atom stereocenters. The van der Waals surface area contributed by atoms with Gasteiger partial charge in [0.1, 0.15) is 11.1 Å². The summed E-state index contributed by atoms with van der Waals surface area (Å²) in [4.78, 5) is 26.5. The number of carbonyl (C=O) groups is 2. The Balaban J connectivity index is 2.04. The van der Waals surface area contributed by atoms with Crippen LogP contribution in [-0.4, -0.2) is 64.1 Å². The SMILES string of the molecule is CC(C)(C)OC(=O)N1CCC(N)CC1(CCCCB1OC(C)(C)C(C)(C)O1)C(=O)O. The van der Waals surface area contributed by atoms with Gasteiger partial charge < -0.3 is 24.9 Å². The average Bonchev–Trinajstić information content (AvgIpc) is 2.76. The molecule has 0 radical (unpaired) electrons. The van der Waals surface area contributed by atoms with Crippen molar-refractivity contribution < 1.29 is 28.7 Å². The van der Waals surface area contributed by atoms with Crippen molar-refractivity contribution in [3.8, 4) is 0 Å². The Kier molecular flexibility index (Phi) is 7.21. The number of unbranched alkanes of at least 4 members (excludes halogenated alkanes) is 1. The van der Waals surface area contributed by atoms with Crippen molar-refractivity contribution in [1.82, 2.24) is 4.90 Å². The predicted octanol–water partition coefficient (Wildman–Crippen LogP) is 3.43. The first-order valence-electron chi connectivity index (χ1n) is 10.9. The lowest BCUT2D eigenvalue weighted by molar-refractivity contribution is -0.155. The molecule has 2 heterocycles. The highest BCUT2D eigenvalue weighted by Gasteiger charge is 2.52. The second-order valence-electron chi connectivity index (χ2n) is 10.7. The lowest BCUT2D eigenvalue weighted by Gasteiger charge is -2.46. The van der Waals surface area contributed by atoms with E-state index in [1.54, 1.807) is 20.8 Å². The van der Waals surface area contributed by atoms with Crippen LogP contribution in [0.4, 0.5) is 4.79 Å². The zero-order chi connectivity index (χ0) is 23.0. The molecule has 172 valence electrons. The Hall–Kier alpha value is -1.32. The number of hydrogen-bond donors (Lipinski definition) is 2. The van der Waals surface area contributed by atoms with Gasteiger partial charge in [-0.05, 0) is 74.0 Å². The summed E-state index contributed by atoms with van der Waals surface area (Å²) in [5.41, 5.74) is 3.30. The van der Waals surface area contributed by atoms with Crippen LogP contribution >= 0.6 is 0 Å². The molecule has 2 aliphatic rings. The molecule has 2 saturated heterocycles. The van der Waals surface area contributed by atoms with E-state index in [1.807, 2.05) is 27.7 Å². The highest BCUT2D eigenvalue weighted by atomic mass is 16.7. The maximum atomic E-state index is 12.8. The van der Waals surface area contributed by atoms with E-state index < -0.39 is 23.2 Å². The molecule has 0 aromatic carbocycles. The van der Waals surface area contributed by atoms with Crippen molar-refractivity contribution in [2.24, 2.45) is 5.73 Å². The van der Waals surface area contributed by atoms with Crippen molar-refractivity contribution in [3.05, 3.63) is 0 Å². The molecule has 30 heavy (non-hydrogen) atoms. The molecular weight excluding hydrogens is 387 g/mol. The summed E-state index contributed by atoms with van der Waals surface area (Å²) in [5.74, 6) is -1.03. The molecule has 0 aromatic heterocycles. The molecule has 3 N–H and O–H groups in total. The molecule has 8 nitrogen and oxygen atoms in total. The Morgan fingerprint density at radius 2 is 1.73 bits per heavy atom. The lowest BCUT2D eigenvalue weighted by Crippen LogP contribution is -2.63. The van der Waals surface area contributed by atoms with Gasteiger partial charge in [0, 0.05) is 12.6 Å². The Morgan fingerprint density at radius 1 is 1.17 bits per heavy atom. The molecule has 0 aliphatic carbocycles. The zero-order valence-electron chi connectivity index (χ0n) is 19.6. The van der Waals surface area contributed by atoms with Crippen LogP contribution in [0.5, 0.6) is 0 Å². The number of hydrogen-bond acceptors (Lipinski definition) is 6. The van der Waals surface area contributed by atoms with Gasteiger partial charge in [-0.2, -0.15) is 0 Å². The third-order valence-electron chi connectivity index (χ3n) is 6.43. The first-order valence-corrected chi connectivity index (χ1v) is 10.9. The third kappa shape index (κ3) is 5.48. The van der Waals surface area contributed by atoms with E-state index >= 15 is 0 Å². The third-order valence-corrected chi connectivity index (χ3v) is 6.43. The molecule has 1 amide bonds. The fourth-order valence-corrected chi connectivity index (χ4v) is 4.10. The molecule has 2 rings (SSSR count). The fourth-order valence-electron chi connectivity index (χ4n) is 4.10. The maximum absolute atomic E-state index is 12.8. The van der Waals surface area contributed by atoms with Gasteiger partial charge in [0.2, 0.25) is 0 Å². The van der Waals surface area contributed by atoms with E-state index in [9.17, 15) is 14.7 Å².